The number of likely N-dealkylation sites (N-methyl/N-ethyl adjacent to an activating group) is 1. The topological polar surface area (TPSA) is 58.6 Å². The van der Waals surface area contributed by atoms with Gasteiger partial charge in [0.25, 0.3) is 0 Å². The number of halogens is 1. The molecule has 5 nitrogen and oxygen atoms in total. The fourth-order valence-corrected chi connectivity index (χ4v) is 3.42. The lowest BCUT2D eigenvalue weighted by Gasteiger charge is -2.25. The Hall–Kier alpha value is -1.96. The van der Waals surface area contributed by atoms with Gasteiger partial charge in [-0.3, -0.25) is 0 Å². The summed E-state index contributed by atoms with van der Waals surface area (Å²) in [6.07, 6.45) is 0. The van der Waals surface area contributed by atoms with Gasteiger partial charge in [-0.15, -0.1) is 0 Å². The molecule has 0 aliphatic carbocycles. The number of sulfonamides is 1. The Morgan fingerprint density at radius 1 is 1.17 bits per heavy atom. The molecule has 0 saturated carbocycles. The van der Waals surface area contributed by atoms with E-state index in [-0.39, 0.29) is 17.5 Å². The maximum absolute atomic E-state index is 13.3. The monoisotopic (exact) mass is 352 g/mol. The van der Waals surface area contributed by atoms with E-state index in [9.17, 15) is 12.8 Å². The highest BCUT2D eigenvalue weighted by molar-refractivity contribution is 7.89. The van der Waals surface area contributed by atoms with Crippen molar-refractivity contribution in [1.82, 2.24) is 9.62 Å². The summed E-state index contributed by atoms with van der Waals surface area (Å²) in [6, 6.07) is 12.2. The molecule has 2 aromatic rings. The zero-order chi connectivity index (χ0) is 17.7. The van der Waals surface area contributed by atoms with Gasteiger partial charge in [-0.1, -0.05) is 18.2 Å². The maximum Gasteiger partial charge on any atom is 0.240 e. The van der Waals surface area contributed by atoms with Crippen LogP contribution in [0.15, 0.2) is 53.4 Å². The summed E-state index contributed by atoms with van der Waals surface area (Å²) in [5.41, 5.74) is 0.918. The van der Waals surface area contributed by atoms with Crippen LogP contribution in [0.1, 0.15) is 11.6 Å². The molecule has 1 unspecified atom stereocenters. The number of nitrogens with one attached hydrogen (secondary N) is 1. The predicted molar refractivity (Wildman–Crippen MR) is 91.0 cm³/mol. The first-order valence-electron chi connectivity index (χ1n) is 7.39. The molecule has 1 atom stereocenters. The largest absolute Gasteiger partial charge is 0.497 e. The normalized spacial score (nSPS) is 13.0. The van der Waals surface area contributed by atoms with E-state index in [0.29, 0.717) is 5.75 Å². The summed E-state index contributed by atoms with van der Waals surface area (Å²) in [6.45, 7) is 0.152. The molecule has 2 rings (SSSR count). The Kier molecular flexibility index (Phi) is 5.93. The van der Waals surface area contributed by atoms with E-state index in [0.717, 1.165) is 11.6 Å². The van der Waals surface area contributed by atoms with Crippen molar-refractivity contribution >= 4 is 10.0 Å². The van der Waals surface area contributed by atoms with Crippen LogP contribution in [0.4, 0.5) is 4.39 Å². The Morgan fingerprint density at radius 2 is 1.88 bits per heavy atom. The lowest BCUT2D eigenvalue weighted by Crippen LogP contribution is -2.34. The van der Waals surface area contributed by atoms with Crippen LogP contribution in [0.25, 0.3) is 0 Å². The van der Waals surface area contributed by atoms with Crippen molar-refractivity contribution in [3.8, 4) is 5.75 Å². The fourth-order valence-electron chi connectivity index (χ4n) is 2.35. The Labute approximate surface area is 142 Å². The standard InChI is InChI=1S/C17H21FN2O3S/c1-20(2)17(13-6-4-8-15(10-13)23-3)12-19-24(21,22)16-9-5-7-14(18)11-16/h4-11,17,19H,12H2,1-3H3. The van der Waals surface area contributed by atoms with Crippen LogP contribution in [0.3, 0.4) is 0 Å². The lowest BCUT2D eigenvalue weighted by atomic mass is 10.1. The van der Waals surface area contributed by atoms with Crippen LogP contribution in [0, 0.1) is 5.82 Å². The smallest absolute Gasteiger partial charge is 0.240 e. The molecule has 0 fully saturated rings. The van der Waals surface area contributed by atoms with Crippen LogP contribution < -0.4 is 9.46 Å². The molecule has 0 aliphatic rings. The maximum atomic E-state index is 13.3. The van der Waals surface area contributed by atoms with E-state index in [1.807, 2.05) is 43.3 Å². The van der Waals surface area contributed by atoms with Crippen LogP contribution >= 0.6 is 0 Å². The highest BCUT2D eigenvalue weighted by Gasteiger charge is 2.20. The van der Waals surface area contributed by atoms with Gasteiger partial charge < -0.3 is 9.64 Å². The summed E-state index contributed by atoms with van der Waals surface area (Å²) in [4.78, 5) is 1.81. The molecule has 2 aromatic carbocycles. The molecule has 0 radical (unpaired) electrons. The van der Waals surface area contributed by atoms with Crippen molar-refractivity contribution in [3.05, 3.63) is 59.9 Å². The van der Waals surface area contributed by atoms with Gasteiger partial charge in [0.15, 0.2) is 0 Å². The summed E-state index contributed by atoms with van der Waals surface area (Å²) >= 11 is 0. The molecule has 0 bridgehead atoms. The average Bonchev–Trinajstić information content (AvgIpc) is 2.55. The van der Waals surface area contributed by atoms with E-state index < -0.39 is 15.8 Å². The molecule has 0 saturated heterocycles. The Morgan fingerprint density at radius 3 is 2.50 bits per heavy atom. The Balaban J connectivity index is 2.19. The first-order chi connectivity index (χ1) is 11.3. The number of hydrogen-bond acceptors (Lipinski definition) is 4. The first kappa shape index (κ1) is 18.4. The number of nitrogens with zero attached hydrogens (tertiary/aromatic N) is 1. The highest BCUT2D eigenvalue weighted by Crippen LogP contribution is 2.22. The lowest BCUT2D eigenvalue weighted by molar-refractivity contribution is 0.298. The second-order valence-electron chi connectivity index (χ2n) is 5.57. The van der Waals surface area contributed by atoms with Crippen molar-refractivity contribution in [2.45, 2.75) is 10.9 Å². The van der Waals surface area contributed by atoms with Crippen LogP contribution in [0.2, 0.25) is 0 Å². The van der Waals surface area contributed by atoms with Crippen molar-refractivity contribution < 1.29 is 17.5 Å². The number of ether oxygens (including phenoxy) is 1. The van der Waals surface area contributed by atoms with Crippen molar-refractivity contribution in [1.29, 1.82) is 0 Å². The third-order valence-corrected chi connectivity index (χ3v) is 5.10. The minimum atomic E-state index is -3.78. The number of rotatable bonds is 7. The number of benzene rings is 2. The fraction of sp³-hybridized carbons (Fsp3) is 0.294. The zero-order valence-corrected chi connectivity index (χ0v) is 14.7. The summed E-state index contributed by atoms with van der Waals surface area (Å²) < 4.78 is 45.7. The third-order valence-electron chi connectivity index (χ3n) is 3.68. The molecule has 7 heteroatoms. The van der Waals surface area contributed by atoms with Gasteiger partial charge in [-0.25, -0.2) is 17.5 Å². The van der Waals surface area contributed by atoms with Gasteiger partial charge in [0, 0.05) is 12.6 Å². The van der Waals surface area contributed by atoms with Gasteiger partial charge in [-0.2, -0.15) is 0 Å². The number of hydrogen-bond donors (Lipinski definition) is 1. The second-order valence-corrected chi connectivity index (χ2v) is 7.33. The van der Waals surface area contributed by atoms with Crippen LogP contribution in [0.5, 0.6) is 5.75 Å². The summed E-state index contributed by atoms with van der Waals surface area (Å²) in [5.74, 6) is 0.113. The van der Waals surface area contributed by atoms with Crippen molar-refractivity contribution in [2.24, 2.45) is 0 Å². The predicted octanol–water partition coefficient (Wildman–Crippen LogP) is 2.42. The van der Waals surface area contributed by atoms with Crippen molar-refractivity contribution in [2.75, 3.05) is 27.7 Å². The van der Waals surface area contributed by atoms with Gasteiger partial charge in [0.05, 0.1) is 12.0 Å². The zero-order valence-electron chi connectivity index (χ0n) is 13.9. The van der Waals surface area contributed by atoms with Gasteiger partial charge in [0.1, 0.15) is 11.6 Å². The SMILES string of the molecule is COc1cccc(C(CNS(=O)(=O)c2cccc(F)c2)N(C)C)c1. The molecule has 1 N–H and O–H groups in total. The molecule has 0 amide bonds. The summed E-state index contributed by atoms with van der Waals surface area (Å²) in [7, 11) is 1.52. The molecule has 0 heterocycles. The quantitative estimate of drug-likeness (QED) is 0.831. The van der Waals surface area contributed by atoms with E-state index in [2.05, 4.69) is 4.72 Å². The first-order valence-corrected chi connectivity index (χ1v) is 8.87. The minimum absolute atomic E-state index is 0.0920. The van der Waals surface area contributed by atoms with E-state index in [1.54, 1.807) is 7.11 Å². The highest BCUT2D eigenvalue weighted by atomic mass is 32.2. The van der Waals surface area contributed by atoms with Crippen LogP contribution in [-0.4, -0.2) is 41.1 Å². The van der Waals surface area contributed by atoms with E-state index in [1.165, 1.54) is 18.2 Å². The second kappa shape index (κ2) is 7.74. The third kappa shape index (κ3) is 4.53. The average molecular weight is 352 g/mol. The van der Waals surface area contributed by atoms with Gasteiger partial charge in [0.2, 0.25) is 10.0 Å². The Bertz CT molecular complexity index is 794. The van der Waals surface area contributed by atoms with Crippen molar-refractivity contribution in [3.63, 3.8) is 0 Å². The summed E-state index contributed by atoms with van der Waals surface area (Å²) in [5, 5.41) is 0. The molecule has 0 spiro atoms. The molecule has 24 heavy (non-hydrogen) atoms. The molecular weight excluding hydrogens is 331 g/mol. The molecule has 0 aliphatic heterocycles. The van der Waals surface area contributed by atoms with Crippen LogP contribution in [-0.2, 0) is 10.0 Å². The van der Waals surface area contributed by atoms with Gasteiger partial charge in [-0.05, 0) is 50.0 Å². The molecule has 130 valence electrons. The van der Waals surface area contributed by atoms with E-state index in [4.69, 9.17) is 4.74 Å². The molecule has 0 aromatic heterocycles. The van der Waals surface area contributed by atoms with E-state index >= 15 is 0 Å². The minimum Gasteiger partial charge on any atom is -0.497 e. The number of methoxy groups -OCH3 is 1. The van der Waals surface area contributed by atoms with Gasteiger partial charge >= 0.3 is 0 Å². The molecular formula is C17H21FN2O3S.